The van der Waals surface area contributed by atoms with Crippen molar-refractivity contribution in [1.29, 1.82) is 0 Å². The van der Waals surface area contributed by atoms with E-state index >= 15 is 0 Å². The molecule has 1 heterocycles. The van der Waals surface area contributed by atoms with Crippen LogP contribution in [-0.2, 0) is 6.42 Å². The van der Waals surface area contributed by atoms with Crippen LogP contribution in [0, 0.1) is 6.92 Å². The number of carbonyl (C=O) groups excluding carboxylic acids is 1. The van der Waals surface area contributed by atoms with E-state index in [1.54, 1.807) is 11.7 Å². The van der Waals surface area contributed by atoms with Crippen LogP contribution in [-0.4, -0.2) is 10.8 Å². The maximum atomic E-state index is 11.8. The molecule has 2 nitrogen and oxygen atoms in total. The third-order valence-corrected chi connectivity index (χ3v) is 2.94. The van der Waals surface area contributed by atoms with Crippen molar-refractivity contribution in [3.63, 3.8) is 0 Å². The predicted octanol–water partition coefficient (Wildman–Crippen LogP) is 2.88. The van der Waals surface area contributed by atoms with Gasteiger partial charge in [0, 0.05) is 23.1 Å². The van der Waals surface area contributed by atoms with Crippen LogP contribution in [0.25, 0.3) is 0 Å². The zero-order valence-corrected chi connectivity index (χ0v) is 9.25. The lowest BCUT2D eigenvalue weighted by molar-refractivity contribution is 0.0993. The van der Waals surface area contributed by atoms with E-state index in [1.807, 2.05) is 31.2 Å². The first-order chi connectivity index (χ1) is 7.25. The summed E-state index contributed by atoms with van der Waals surface area (Å²) in [5.41, 5.74) is 3.65. The van der Waals surface area contributed by atoms with Crippen molar-refractivity contribution in [3.05, 3.63) is 52.0 Å². The lowest BCUT2D eigenvalue weighted by Gasteiger charge is -1.99. The number of Topliss-reactive ketones (excluding diaryl/α,β-unsaturated/α-hetero) is 1. The van der Waals surface area contributed by atoms with E-state index in [9.17, 15) is 4.79 Å². The summed E-state index contributed by atoms with van der Waals surface area (Å²) in [6, 6.07) is 7.68. The molecule has 0 aliphatic carbocycles. The van der Waals surface area contributed by atoms with E-state index in [-0.39, 0.29) is 5.78 Å². The van der Waals surface area contributed by atoms with Gasteiger partial charge in [-0.25, -0.2) is 0 Å². The van der Waals surface area contributed by atoms with E-state index in [4.69, 9.17) is 0 Å². The second-order valence-electron chi connectivity index (χ2n) is 3.44. The first-order valence-corrected chi connectivity index (χ1v) is 5.61. The van der Waals surface area contributed by atoms with Crippen LogP contribution in [0.15, 0.2) is 36.0 Å². The Hall–Kier alpha value is -1.48. The number of rotatable bonds is 3. The molecular weight excluding hydrogens is 206 g/mol. The molecule has 0 saturated carbocycles. The molecule has 0 spiro atoms. The van der Waals surface area contributed by atoms with Gasteiger partial charge in [-0.15, -0.1) is 11.3 Å². The molecule has 15 heavy (non-hydrogen) atoms. The van der Waals surface area contributed by atoms with E-state index in [2.05, 4.69) is 4.98 Å². The van der Waals surface area contributed by atoms with E-state index in [0.29, 0.717) is 6.42 Å². The van der Waals surface area contributed by atoms with Crippen molar-refractivity contribution in [3.8, 4) is 0 Å². The Morgan fingerprint density at radius 3 is 3.00 bits per heavy atom. The summed E-state index contributed by atoms with van der Waals surface area (Å²) in [7, 11) is 0. The fraction of sp³-hybridized carbons (Fsp3) is 0.167. The van der Waals surface area contributed by atoms with Crippen molar-refractivity contribution >= 4 is 17.1 Å². The highest BCUT2D eigenvalue weighted by atomic mass is 32.1. The minimum atomic E-state index is 0.156. The van der Waals surface area contributed by atoms with Gasteiger partial charge < -0.3 is 0 Å². The first-order valence-electron chi connectivity index (χ1n) is 4.73. The minimum absolute atomic E-state index is 0.156. The Kier molecular flexibility index (Phi) is 2.92. The molecule has 0 fully saturated rings. The van der Waals surface area contributed by atoms with Gasteiger partial charge in [-0.3, -0.25) is 9.78 Å². The van der Waals surface area contributed by atoms with Gasteiger partial charge in [0.1, 0.15) is 0 Å². The maximum Gasteiger partial charge on any atom is 0.168 e. The second-order valence-corrected chi connectivity index (χ2v) is 4.41. The predicted molar refractivity (Wildman–Crippen MR) is 61.3 cm³/mol. The summed E-state index contributed by atoms with van der Waals surface area (Å²) in [5.74, 6) is 0.156. The van der Waals surface area contributed by atoms with Crippen molar-refractivity contribution in [2.75, 3.05) is 0 Å². The standard InChI is InChI=1S/C12H11NOS/c1-9-3-2-4-10(5-9)12(14)6-11-7-13-8-15-11/h2-5,7-8H,6H2,1H3. The number of ketones is 1. The Morgan fingerprint density at radius 1 is 1.47 bits per heavy atom. The summed E-state index contributed by atoms with van der Waals surface area (Å²) in [6.45, 7) is 1.99. The number of carbonyl (C=O) groups is 1. The van der Waals surface area contributed by atoms with Crippen LogP contribution in [0.5, 0.6) is 0 Å². The molecule has 1 aromatic heterocycles. The van der Waals surface area contributed by atoms with Crippen LogP contribution < -0.4 is 0 Å². The van der Waals surface area contributed by atoms with Gasteiger partial charge in [0.15, 0.2) is 5.78 Å². The van der Waals surface area contributed by atoms with Gasteiger partial charge in [-0.2, -0.15) is 0 Å². The number of thiazole rings is 1. The summed E-state index contributed by atoms with van der Waals surface area (Å²) in [5, 5.41) is 0. The van der Waals surface area contributed by atoms with E-state index in [1.165, 1.54) is 11.3 Å². The molecule has 2 rings (SSSR count). The zero-order valence-electron chi connectivity index (χ0n) is 8.43. The third-order valence-electron chi connectivity index (χ3n) is 2.16. The number of aryl methyl sites for hydroxylation is 1. The molecule has 0 amide bonds. The molecule has 0 N–H and O–H groups in total. The molecule has 1 aromatic carbocycles. The van der Waals surface area contributed by atoms with Crippen LogP contribution in [0.1, 0.15) is 20.8 Å². The molecular formula is C12H11NOS. The van der Waals surface area contributed by atoms with Gasteiger partial charge in [0.2, 0.25) is 0 Å². The largest absolute Gasteiger partial charge is 0.294 e. The van der Waals surface area contributed by atoms with Gasteiger partial charge in [-0.1, -0.05) is 23.8 Å². The molecule has 0 atom stereocenters. The molecule has 2 aromatic rings. The number of benzene rings is 1. The number of nitrogens with zero attached hydrogens (tertiary/aromatic N) is 1. The van der Waals surface area contributed by atoms with Crippen molar-refractivity contribution < 1.29 is 4.79 Å². The maximum absolute atomic E-state index is 11.8. The average molecular weight is 217 g/mol. The molecule has 76 valence electrons. The summed E-state index contributed by atoms with van der Waals surface area (Å²) in [6.07, 6.45) is 2.20. The van der Waals surface area contributed by atoms with Crippen molar-refractivity contribution in [2.45, 2.75) is 13.3 Å². The highest BCUT2D eigenvalue weighted by Gasteiger charge is 2.07. The van der Waals surface area contributed by atoms with E-state index < -0.39 is 0 Å². The van der Waals surface area contributed by atoms with Gasteiger partial charge >= 0.3 is 0 Å². The SMILES string of the molecule is Cc1cccc(C(=O)Cc2cncs2)c1. The molecule has 0 bridgehead atoms. The Bertz CT molecular complexity index is 462. The first kappa shape index (κ1) is 10.1. The van der Waals surface area contributed by atoms with Crippen LogP contribution in [0.3, 0.4) is 0 Å². The third kappa shape index (κ3) is 2.50. The summed E-state index contributed by atoms with van der Waals surface area (Å²) >= 11 is 1.52. The van der Waals surface area contributed by atoms with Crippen LogP contribution in [0.4, 0.5) is 0 Å². The fourth-order valence-corrected chi connectivity index (χ4v) is 2.00. The lowest BCUT2D eigenvalue weighted by Crippen LogP contribution is -2.02. The number of aromatic nitrogens is 1. The summed E-state index contributed by atoms with van der Waals surface area (Å²) in [4.78, 5) is 16.8. The molecule has 0 unspecified atom stereocenters. The second kappa shape index (κ2) is 4.36. The monoisotopic (exact) mass is 217 g/mol. The zero-order chi connectivity index (χ0) is 10.7. The fourth-order valence-electron chi connectivity index (χ4n) is 1.41. The van der Waals surface area contributed by atoms with Gasteiger partial charge in [0.25, 0.3) is 0 Å². The smallest absolute Gasteiger partial charge is 0.168 e. The lowest BCUT2D eigenvalue weighted by atomic mass is 10.1. The number of hydrogen-bond acceptors (Lipinski definition) is 3. The van der Waals surface area contributed by atoms with Crippen LogP contribution in [0.2, 0.25) is 0 Å². The quantitative estimate of drug-likeness (QED) is 0.740. The summed E-state index contributed by atoms with van der Waals surface area (Å²) < 4.78 is 0. The Labute approximate surface area is 92.6 Å². The Balaban J connectivity index is 2.15. The Morgan fingerprint density at radius 2 is 2.33 bits per heavy atom. The normalized spacial score (nSPS) is 10.2. The van der Waals surface area contributed by atoms with Gasteiger partial charge in [0.05, 0.1) is 5.51 Å². The highest BCUT2D eigenvalue weighted by Crippen LogP contribution is 2.12. The van der Waals surface area contributed by atoms with Crippen molar-refractivity contribution in [1.82, 2.24) is 4.98 Å². The molecule has 0 radical (unpaired) electrons. The number of hydrogen-bond donors (Lipinski definition) is 0. The molecule has 3 heteroatoms. The van der Waals surface area contributed by atoms with Crippen LogP contribution >= 0.6 is 11.3 Å². The van der Waals surface area contributed by atoms with Gasteiger partial charge in [-0.05, 0) is 13.0 Å². The van der Waals surface area contributed by atoms with Crippen molar-refractivity contribution in [2.24, 2.45) is 0 Å². The minimum Gasteiger partial charge on any atom is -0.294 e. The molecule has 0 aliphatic heterocycles. The van der Waals surface area contributed by atoms with E-state index in [0.717, 1.165) is 16.0 Å². The molecule has 0 saturated heterocycles. The topological polar surface area (TPSA) is 30.0 Å². The highest BCUT2D eigenvalue weighted by molar-refractivity contribution is 7.09. The molecule has 0 aliphatic rings. The average Bonchev–Trinajstić information content (AvgIpc) is 2.70.